The van der Waals surface area contributed by atoms with Gasteiger partial charge in [0.1, 0.15) is 6.04 Å². The fraction of sp³-hybridized carbons (Fsp3) is 0.467. The van der Waals surface area contributed by atoms with Crippen LogP contribution in [0.1, 0.15) is 5.56 Å². The van der Waals surface area contributed by atoms with E-state index in [2.05, 4.69) is 5.32 Å². The molecule has 2 aliphatic rings. The van der Waals surface area contributed by atoms with Crippen molar-refractivity contribution in [2.45, 2.75) is 12.5 Å². The maximum atomic E-state index is 12.5. The molecule has 2 heterocycles. The van der Waals surface area contributed by atoms with Crippen LogP contribution < -0.4 is 10.2 Å². The highest BCUT2D eigenvalue weighted by molar-refractivity contribution is 5.97. The molecule has 112 valence electrons. The fourth-order valence-electron chi connectivity index (χ4n) is 3.04. The molecule has 1 aromatic carbocycles. The number of aliphatic carboxylic acids is 1. The molecule has 1 aromatic rings. The van der Waals surface area contributed by atoms with Crippen LogP contribution in [0.5, 0.6) is 0 Å². The van der Waals surface area contributed by atoms with E-state index in [9.17, 15) is 14.7 Å². The zero-order valence-electron chi connectivity index (χ0n) is 11.8. The summed E-state index contributed by atoms with van der Waals surface area (Å²) in [6.07, 6.45) is 0.867. The molecule has 21 heavy (non-hydrogen) atoms. The Kier molecular flexibility index (Phi) is 3.90. The second-order valence-corrected chi connectivity index (χ2v) is 5.45. The number of nitrogens with one attached hydrogen (secondary N) is 1. The Bertz CT molecular complexity index is 561. The van der Waals surface area contributed by atoms with Gasteiger partial charge >= 0.3 is 5.97 Å². The monoisotopic (exact) mass is 289 g/mol. The number of carbonyl (C=O) groups is 2. The van der Waals surface area contributed by atoms with Gasteiger partial charge in [0.05, 0.1) is 6.54 Å². The number of fused-ring (bicyclic) bond motifs is 1. The first-order valence-electron chi connectivity index (χ1n) is 7.22. The Morgan fingerprint density at radius 1 is 1.29 bits per heavy atom. The number of carboxylic acid groups (broad SMARTS) is 1. The van der Waals surface area contributed by atoms with Crippen molar-refractivity contribution in [1.82, 2.24) is 10.2 Å². The van der Waals surface area contributed by atoms with E-state index in [-0.39, 0.29) is 12.5 Å². The predicted molar refractivity (Wildman–Crippen MR) is 78.4 cm³/mol. The van der Waals surface area contributed by atoms with Gasteiger partial charge in [0.25, 0.3) is 0 Å². The zero-order chi connectivity index (χ0) is 14.8. The van der Waals surface area contributed by atoms with Crippen molar-refractivity contribution in [3.8, 4) is 0 Å². The molecule has 1 unspecified atom stereocenters. The van der Waals surface area contributed by atoms with Gasteiger partial charge < -0.3 is 15.3 Å². The van der Waals surface area contributed by atoms with E-state index in [1.807, 2.05) is 24.3 Å². The van der Waals surface area contributed by atoms with Crippen molar-refractivity contribution in [2.75, 3.05) is 37.6 Å². The summed E-state index contributed by atoms with van der Waals surface area (Å²) < 4.78 is 0. The van der Waals surface area contributed by atoms with Gasteiger partial charge in [-0.2, -0.15) is 0 Å². The standard InChI is InChI=1S/C15H19N3O3/c19-14(10-17-8-6-16-9-13(17)15(20)21)18-7-5-11-3-1-2-4-12(11)18/h1-4,13,16H,5-10H2,(H,20,21). The van der Waals surface area contributed by atoms with Gasteiger partial charge in [-0.1, -0.05) is 18.2 Å². The minimum atomic E-state index is -0.878. The average Bonchev–Trinajstić information content (AvgIpc) is 2.91. The third-order valence-corrected chi connectivity index (χ3v) is 4.17. The number of anilines is 1. The molecule has 1 saturated heterocycles. The van der Waals surface area contributed by atoms with Crippen LogP contribution in [0.4, 0.5) is 5.69 Å². The van der Waals surface area contributed by atoms with Gasteiger partial charge in [-0.15, -0.1) is 0 Å². The van der Waals surface area contributed by atoms with Crippen molar-refractivity contribution in [2.24, 2.45) is 0 Å². The molecular formula is C15H19N3O3. The lowest BCUT2D eigenvalue weighted by Gasteiger charge is -2.33. The van der Waals surface area contributed by atoms with Gasteiger partial charge in [0.2, 0.25) is 5.91 Å². The van der Waals surface area contributed by atoms with E-state index in [4.69, 9.17) is 0 Å². The van der Waals surface area contributed by atoms with Gasteiger partial charge in [0.15, 0.2) is 0 Å². The Balaban J connectivity index is 1.70. The highest BCUT2D eigenvalue weighted by atomic mass is 16.4. The summed E-state index contributed by atoms with van der Waals surface area (Å²) >= 11 is 0. The molecule has 0 aliphatic carbocycles. The van der Waals surface area contributed by atoms with Crippen molar-refractivity contribution < 1.29 is 14.7 Å². The van der Waals surface area contributed by atoms with Gasteiger partial charge in [-0.3, -0.25) is 14.5 Å². The molecule has 6 nitrogen and oxygen atoms in total. The number of rotatable bonds is 3. The minimum absolute atomic E-state index is 0.0203. The van der Waals surface area contributed by atoms with E-state index in [1.165, 1.54) is 5.56 Å². The maximum absolute atomic E-state index is 12.5. The molecule has 0 aromatic heterocycles. The summed E-state index contributed by atoms with van der Waals surface area (Å²) in [6, 6.07) is 7.26. The van der Waals surface area contributed by atoms with Crippen molar-refractivity contribution in [3.05, 3.63) is 29.8 Å². The number of benzene rings is 1. The van der Waals surface area contributed by atoms with Crippen LogP contribution in [-0.4, -0.2) is 60.6 Å². The average molecular weight is 289 g/mol. The van der Waals surface area contributed by atoms with Crippen molar-refractivity contribution in [1.29, 1.82) is 0 Å². The van der Waals surface area contributed by atoms with Gasteiger partial charge in [-0.25, -0.2) is 0 Å². The third kappa shape index (κ3) is 2.77. The Morgan fingerprint density at radius 3 is 2.90 bits per heavy atom. The molecule has 0 spiro atoms. The smallest absolute Gasteiger partial charge is 0.322 e. The van der Waals surface area contributed by atoms with Gasteiger partial charge in [-0.05, 0) is 18.1 Å². The molecule has 1 amide bonds. The summed E-state index contributed by atoms with van der Waals surface area (Å²) in [4.78, 5) is 27.3. The first-order valence-corrected chi connectivity index (χ1v) is 7.22. The van der Waals surface area contributed by atoms with Crippen LogP contribution in [-0.2, 0) is 16.0 Å². The van der Waals surface area contributed by atoms with Crippen molar-refractivity contribution in [3.63, 3.8) is 0 Å². The highest BCUT2D eigenvalue weighted by Gasteiger charge is 2.32. The van der Waals surface area contributed by atoms with Crippen LogP contribution >= 0.6 is 0 Å². The Morgan fingerprint density at radius 2 is 2.10 bits per heavy atom. The van der Waals surface area contributed by atoms with E-state index in [0.29, 0.717) is 26.2 Å². The van der Waals surface area contributed by atoms with Crippen LogP contribution in [0.3, 0.4) is 0 Å². The number of carboxylic acids is 1. The lowest BCUT2D eigenvalue weighted by Crippen LogP contribution is -2.57. The SMILES string of the molecule is O=C(O)C1CNCCN1CC(=O)N1CCc2ccccc21. The second-order valence-electron chi connectivity index (χ2n) is 5.45. The second kappa shape index (κ2) is 5.83. The molecule has 2 aliphatic heterocycles. The molecular weight excluding hydrogens is 270 g/mol. The van der Waals surface area contributed by atoms with Crippen LogP contribution in [0, 0.1) is 0 Å². The Hall–Kier alpha value is -1.92. The fourth-order valence-corrected chi connectivity index (χ4v) is 3.04. The lowest BCUT2D eigenvalue weighted by atomic mass is 10.2. The van der Waals surface area contributed by atoms with Crippen LogP contribution in [0.15, 0.2) is 24.3 Å². The van der Waals surface area contributed by atoms with E-state index in [1.54, 1.807) is 9.80 Å². The quantitative estimate of drug-likeness (QED) is 0.815. The zero-order valence-corrected chi connectivity index (χ0v) is 11.8. The first-order chi connectivity index (χ1) is 10.2. The third-order valence-electron chi connectivity index (χ3n) is 4.17. The largest absolute Gasteiger partial charge is 0.480 e. The number of para-hydroxylation sites is 1. The molecule has 2 N–H and O–H groups in total. The molecule has 6 heteroatoms. The number of amides is 1. The van der Waals surface area contributed by atoms with Crippen molar-refractivity contribution >= 4 is 17.6 Å². The topological polar surface area (TPSA) is 72.9 Å². The number of piperazine rings is 1. The van der Waals surface area contributed by atoms with Crippen LogP contribution in [0.2, 0.25) is 0 Å². The lowest BCUT2D eigenvalue weighted by molar-refractivity contribution is -0.144. The molecule has 0 saturated carbocycles. The van der Waals surface area contributed by atoms with E-state index >= 15 is 0 Å². The summed E-state index contributed by atoms with van der Waals surface area (Å²) in [5.74, 6) is -0.898. The number of nitrogens with zero attached hydrogens (tertiary/aromatic N) is 2. The van der Waals surface area contributed by atoms with E-state index < -0.39 is 12.0 Å². The minimum Gasteiger partial charge on any atom is -0.480 e. The highest BCUT2D eigenvalue weighted by Crippen LogP contribution is 2.27. The molecule has 1 fully saturated rings. The Labute approximate surface area is 123 Å². The summed E-state index contributed by atoms with van der Waals surface area (Å²) in [5.41, 5.74) is 2.14. The van der Waals surface area contributed by atoms with Crippen LogP contribution in [0.25, 0.3) is 0 Å². The molecule has 3 rings (SSSR count). The number of hydrogen-bond donors (Lipinski definition) is 2. The first kappa shape index (κ1) is 14.0. The molecule has 0 radical (unpaired) electrons. The molecule has 1 atom stereocenters. The summed E-state index contributed by atoms with van der Waals surface area (Å²) in [7, 11) is 0. The maximum Gasteiger partial charge on any atom is 0.322 e. The number of hydrogen-bond acceptors (Lipinski definition) is 4. The number of carbonyl (C=O) groups excluding carboxylic acids is 1. The van der Waals surface area contributed by atoms with Gasteiger partial charge in [0, 0.05) is 31.9 Å². The summed E-state index contributed by atoms with van der Waals surface area (Å²) in [5, 5.41) is 12.3. The molecule has 0 bridgehead atoms. The predicted octanol–water partition coefficient (Wildman–Crippen LogP) is -0.0659. The van der Waals surface area contributed by atoms with E-state index in [0.717, 1.165) is 12.1 Å². The summed E-state index contributed by atoms with van der Waals surface area (Å²) in [6.45, 7) is 2.53. The normalized spacial score (nSPS) is 22.1.